The zero-order chi connectivity index (χ0) is 11.4. The van der Waals surface area contributed by atoms with Crippen LogP contribution in [-0.2, 0) is 13.1 Å². The van der Waals surface area contributed by atoms with E-state index in [1.54, 1.807) is 12.5 Å². The number of rotatable bonds is 4. The Labute approximate surface area is 103 Å². The van der Waals surface area contributed by atoms with Crippen LogP contribution in [0.3, 0.4) is 0 Å². The maximum Gasteiger partial charge on any atom is 0.0947 e. The molecule has 4 heteroatoms. The predicted molar refractivity (Wildman–Crippen MR) is 67.8 cm³/mol. The SMILES string of the molecule is Nc1cc(Br)cc(CNCc2ccoc2)c1. The lowest BCUT2D eigenvalue weighted by Gasteiger charge is -2.05. The summed E-state index contributed by atoms with van der Waals surface area (Å²) in [6.07, 6.45) is 3.41. The summed E-state index contributed by atoms with van der Waals surface area (Å²) in [6.45, 7) is 1.58. The number of nitrogens with two attached hydrogens (primary N) is 1. The Kier molecular flexibility index (Phi) is 3.64. The van der Waals surface area contributed by atoms with Crippen molar-refractivity contribution in [2.24, 2.45) is 0 Å². The van der Waals surface area contributed by atoms with Crippen molar-refractivity contribution in [3.8, 4) is 0 Å². The molecule has 0 radical (unpaired) electrons. The molecule has 84 valence electrons. The Morgan fingerprint density at radius 1 is 1.19 bits per heavy atom. The number of anilines is 1. The van der Waals surface area contributed by atoms with E-state index in [1.807, 2.05) is 18.2 Å². The van der Waals surface area contributed by atoms with Gasteiger partial charge in [-0.15, -0.1) is 0 Å². The van der Waals surface area contributed by atoms with Crippen LogP contribution in [0.2, 0.25) is 0 Å². The molecule has 0 aliphatic heterocycles. The van der Waals surface area contributed by atoms with E-state index in [1.165, 1.54) is 0 Å². The van der Waals surface area contributed by atoms with Crippen molar-refractivity contribution in [2.45, 2.75) is 13.1 Å². The molecular formula is C12H13BrN2O. The summed E-state index contributed by atoms with van der Waals surface area (Å²) in [5.74, 6) is 0. The van der Waals surface area contributed by atoms with Crippen molar-refractivity contribution < 1.29 is 4.42 Å². The van der Waals surface area contributed by atoms with Gasteiger partial charge in [0.15, 0.2) is 0 Å². The molecule has 3 N–H and O–H groups in total. The summed E-state index contributed by atoms with van der Waals surface area (Å²) >= 11 is 3.42. The Balaban J connectivity index is 1.89. The first-order chi connectivity index (χ1) is 7.74. The summed E-state index contributed by atoms with van der Waals surface area (Å²) in [4.78, 5) is 0. The number of nitrogens with one attached hydrogen (secondary N) is 1. The molecule has 0 spiro atoms. The number of benzene rings is 1. The van der Waals surface area contributed by atoms with E-state index in [9.17, 15) is 0 Å². The molecule has 2 aromatic rings. The fourth-order valence-electron chi connectivity index (χ4n) is 1.52. The standard InChI is InChI=1S/C12H13BrN2O/c13-11-3-10(4-12(14)5-11)7-15-6-9-1-2-16-8-9/h1-5,8,15H,6-7,14H2. The molecule has 0 unspecified atom stereocenters. The fourth-order valence-corrected chi connectivity index (χ4v) is 2.08. The first-order valence-corrected chi connectivity index (χ1v) is 5.80. The normalized spacial score (nSPS) is 10.6. The van der Waals surface area contributed by atoms with Gasteiger partial charge in [0.25, 0.3) is 0 Å². The van der Waals surface area contributed by atoms with Crippen LogP contribution in [0, 0.1) is 0 Å². The van der Waals surface area contributed by atoms with Gasteiger partial charge in [-0.1, -0.05) is 15.9 Å². The average molecular weight is 281 g/mol. The van der Waals surface area contributed by atoms with E-state index in [2.05, 4.69) is 27.3 Å². The maximum absolute atomic E-state index is 5.75. The molecule has 0 aliphatic rings. The van der Waals surface area contributed by atoms with Crippen LogP contribution in [-0.4, -0.2) is 0 Å². The molecule has 16 heavy (non-hydrogen) atoms. The zero-order valence-electron chi connectivity index (χ0n) is 8.74. The number of halogens is 1. The summed E-state index contributed by atoms with van der Waals surface area (Å²) in [5.41, 5.74) is 8.83. The third kappa shape index (κ3) is 3.12. The lowest BCUT2D eigenvalue weighted by Crippen LogP contribution is -2.12. The largest absolute Gasteiger partial charge is 0.472 e. The summed E-state index contributed by atoms with van der Waals surface area (Å²) in [6, 6.07) is 7.85. The Hall–Kier alpha value is -1.26. The number of hydrogen-bond acceptors (Lipinski definition) is 3. The van der Waals surface area contributed by atoms with Crippen LogP contribution in [0.15, 0.2) is 45.7 Å². The minimum Gasteiger partial charge on any atom is -0.472 e. The van der Waals surface area contributed by atoms with Crippen LogP contribution >= 0.6 is 15.9 Å². The minimum absolute atomic E-state index is 0.773. The van der Waals surface area contributed by atoms with Gasteiger partial charge in [0.05, 0.1) is 12.5 Å². The first-order valence-electron chi connectivity index (χ1n) is 5.01. The van der Waals surface area contributed by atoms with Crippen molar-refractivity contribution >= 4 is 21.6 Å². The molecule has 1 aromatic heterocycles. The van der Waals surface area contributed by atoms with Crippen LogP contribution in [0.25, 0.3) is 0 Å². The Morgan fingerprint density at radius 2 is 2.00 bits per heavy atom. The highest BCUT2D eigenvalue weighted by molar-refractivity contribution is 9.10. The predicted octanol–water partition coefficient (Wildman–Crippen LogP) is 2.91. The van der Waals surface area contributed by atoms with Crippen molar-refractivity contribution in [3.05, 3.63) is 52.4 Å². The smallest absolute Gasteiger partial charge is 0.0947 e. The minimum atomic E-state index is 0.773. The molecule has 0 saturated carbocycles. The van der Waals surface area contributed by atoms with E-state index < -0.39 is 0 Å². The lowest BCUT2D eigenvalue weighted by molar-refractivity contribution is 0.560. The van der Waals surface area contributed by atoms with Gasteiger partial charge < -0.3 is 15.5 Å². The third-order valence-electron chi connectivity index (χ3n) is 2.22. The highest BCUT2D eigenvalue weighted by Gasteiger charge is 1.98. The summed E-state index contributed by atoms with van der Waals surface area (Å²) in [5, 5.41) is 3.32. The van der Waals surface area contributed by atoms with Crippen molar-refractivity contribution in [1.29, 1.82) is 0 Å². The molecule has 0 saturated heterocycles. The topological polar surface area (TPSA) is 51.2 Å². The second kappa shape index (κ2) is 5.18. The van der Waals surface area contributed by atoms with Crippen LogP contribution in [0.4, 0.5) is 5.69 Å². The molecule has 2 rings (SSSR count). The van der Waals surface area contributed by atoms with E-state index in [0.29, 0.717) is 0 Å². The molecule has 0 fully saturated rings. The second-order valence-electron chi connectivity index (χ2n) is 3.63. The van der Waals surface area contributed by atoms with Crippen LogP contribution < -0.4 is 11.1 Å². The van der Waals surface area contributed by atoms with E-state index >= 15 is 0 Å². The third-order valence-corrected chi connectivity index (χ3v) is 2.68. The van der Waals surface area contributed by atoms with Crippen molar-refractivity contribution in [2.75, 3.05) is 5.73 Å². The fraction of sp³-hybridized carbons (Fsp3) is 0.167. The monoisotopic (exact) mass is 280 g/mol. The van der Waals surface area contributed by atoms with E-state index in [0.717, 1.165) is 34.4 Å². The Morgan fingerprint density at radius 3 is 2.69 bits per heavy atom. The molecule has 0 atom stereocenters. The van der Waals surface area contributed by atoms with Crippen LogP contribution in [0.5, 0.6) is 0 Å². The second-order valence-corrected chi connectivity index (χ2v) is 4.54. The van der Waals surface area contributed by atoms with Crippen molar-refractivity contribution in [1.82, 2.24) is 5.32 Å². The molecule has 1 aromatic carbocycles. The van der Waals surface area contributed by atoms with Gasteiger partial charge in [0.1, 0.15) is 0 Å². The van der Waals surface area contributed by atoms with E-state index in [4.69, 9.17) is 10.2 Å². The van der Waals surface area contributed by atoms with Gasteiger partial charge in [0.2, 0.25) is 0 Å². The van der Waals surface area contributed by atoms with Gasteiger partial charge in [-0.05, 0) is 29.8 Å². The van der Waals surface area contributed by atoms with Crippen LogP contribution in [0.1, 0.15) is 11.1 Å². The highest BCUT2D eigenvalue weighted by Crippen LogP contribution is 2.17. The maximum atomic E-state index is 5.75. The number of hydrogen-bond donors (Lipinski definition) is 2. The molecular weight excluding hydrogens is 268 g/mol. The molecule has 0 aliphatic carbocycles. The Bertz CT molecular complexity index is 434. The van der Waals surface area contributed by atoms with Gasteiger partial charge in [-0.2, -0.15) is 0 Å². The van der Waals surface area contributed by atoms with Crippen molar-refractivity contribution in [3.63, 3.8) is 0 Å². The first kappa shape index (κ1) is 11.2. The average Bonchev–Trinajstić information content (AvgIpc) is 2.69. The molecule has 1 heterocycles. The molecule has 3 nitrogen and oxygen atoms in total. The summed E-state index contributed by atoms with van der Waals surface area (Å²) in [7, 11) is 0. The van der Waals surface area contributed by atoms with E-state index in [-0.39, 0.29) is 0 Å². The quantitative estimate of drug-likeness (QED) is 0.847. The summed E-state index contributed by atoms with van der Waals surface area (Å²) < 4.78 is 6.00. The van der Waals surface area contributed by atoms with Gasteiger partial charge in [-0.25, -0.2) is 0 Å². The molecule has 0 bridgehead atoms. The lowest BCUT2D eigenvalue weighted by atomic mass is 10.2. The number of furan rings is 1. The van der Waals surface area contributed by atoms with Gasteiger partial charge in [0, 0.05) is 28.8 Å². The van der Waals surface area contributed by atoms with Gasteiger partial charge in [-0.3, -0.25) is 0 Å². The molecule has 0 amide bonds. The highest BCUT2D eigenvalue weighted by atomic mass is 79.9. The number of nitrogen functional groups attached to an aromatic ring is 1. The zero-order valence-corrected chi connectivity index (χ0v) is 10.3. The van der Waals surface area contributed by atoms with Gasteiger partial charge >= 0.3 is 0 Å².